The van der Waals surface area contributed by atoms with Gasteiger partial charge in [-0.1, -0.05) is 0 Å². The number of carbonyl (C=O) groups excluding carboxylic acids is 2. The molecule has 0 saturated carbocycles. The first-order valence-corrected chi connectivity index (χ1v) is 5.56. The van der Waals surface area contributed by atoms with Crippen LogP contribution in [0.4, 0.5) is 0 Å². The van der Waals surface area contributed by atoms with Gasteiger partial charge >= 0.3 is 5.97 Å². The zero-order chi connectivity index (χ0) is 13.7. The summed E-state index contributed by atoms with van der Waals surface area (Å²) in [5.74, 6) is -0.120. The number of amides is 1. The van der Waals surface area contributed by atoms with Crippen LogP contribution >= 0.6 is 0 Å². The van der Waals surface area contributed by atoms with Crippen LogP contribution in [0, 0.1) is 13.8 Å². The fourth-order valence-electron chi connectivity index (χ4n) is 1.66. The molecule has 18 heavy (non-hydrogen) atoms. The van der Waals surface area contributed by atoms with E-state index in [2.05, 4.69) is 4.74 Å². The maximum atomic E-state index is 11.1. The fourth-order valence-corrected chi connectivity index (χ4v) is 1.66. The lowest BCUT2D eigenvalue weighted by molar-refractivity contribution is -0.141. The van der Waals surface area contributed by atoms with E-state index in [1.54, 1.807) is 12.1 Å². The summed E-state index contributed by atoms with van der Waals surface area (Å²) < 4.78 is 10.0. The van der Waals surface area contributed by atoms with Gasteiger partial charge in [0.15, 0.2) is 0 Å². The summed E-state index contributed by atoms with van der Waals surface area (Å²) in [4.78, 5) is 22.0. The summed E-state index contributed by atoms with van der Waals surface area (Å²) in [6.45, 7) is 3.89. The molecule has 1 amide bonds. The van der Waals surface area contributed by atoms with E-state index in [1.165, 1.54) is 7.11 Å². The van der Waals surface area contributed by atoms with Crippen LogP contribution in [0.5, 0.6) is 5.75 Å². The second-order valence-corrected chi connectivity index (χ2v) is 3.98. The molecule has 1 aromatic rings. The molecule has 0 saturated heterocycles. The predicted molar refractivity (Wildman–Crippen MR) is 66.6 cm³/mol. The zero-order valence-electron chi connectivity index (χ0n) is 10.8. The second kappa shape index (κ2) is 6.05. The van der Waals surface area contributed by atoms with Gasteiger partial charge in [0.25, 0.3) is 0 Å². The van der Waals surface area contributed by atoms with Crippen LogP contribution in [-0.2, 0) is 9.53 Å². The number of aryl methyl sites for hydroxylation is 2. The Hall–Kier alpha value is -2.04. The molecular formula is C13H17NO4. The molecule has 0 radical (unpaired) electrons. The molecule has 0 atom stereocenters. The molecule has 98 valence electrons. The minimum atomic E-state index is -0.470. The van der Waals surface area contributed by atoms with Crippen molar-refractivity contribution in [2.24, 2.45) is 5.73 Å². The largest absolute Gasteiger partial charge is 0.492 e. The van der Waals surface area contributed by atoms with Crippen LogP contribution in [0.25, 0.3) is 0 Å². The number of nitrogens with two attached hydrogens (primary N) is 1. The minimum absolute atomic E-state index is 0.187. The van der Waals surface area contributed by atoms with Gasteiger partial charge in [-0.25, -0.2) is 0 Å². The number of rotatable bonds is 5. The van der Waals surface area contributed by atoms with E-state index >= 15 is 0 Å². The maximum absolute atomic E-state index is 11.1. The van der Waals surface area contributed by atoms with Gasteiger partial charge in [-0.05, 0) is 37.1 Å². The van der Waals surface area contributed by atoms with Crippen LogP contribution in [0.15, 0.2) is 12.1 Å². The Morgan fingerprint density at radius 1 is 1.22 bits per heavy atom. The van der Waals surface area contributed by atoms with E-state index < -0.39 is 5.91 Å². The van der Waals surface area contributed by atoms with Crippen molar-refractivity contribution in [1.29, 1.82) is 0 Å². The van der Waals surface area contributed by atoms with Crippen molar-refractivity contribution in [3.05, 3.63) is 28.8 Å². The molecule has 0 aliphatic rings. The molecule has 0 heterocycles. The Labute approximate surface area is 106 Å². The Balaban J connectivity index is 2.78. The summed E-state index contributed by atoms with van der Waals surface area (Å²) >= 11 is 0. The van der Waals surface area contributed by atoms with Crippen molar-refractivity contribution in [2.75, 3.05) is 13.7 Å². The third kappa shape index (κ3) is 3.48. The van der Waals surface area contributed by atoms with Gasteiger partial charge in [0.2, 0.25) is 5.91 Å². The summed E-state index contributed by atoms with van der Waals surface area (Å²) in [5, 5.41) is 0. The number of primary amides is 1. The normalized spacial score (nSPS) is 9.94. The van der Waals surface area contributed by atoms with Crippen LogP contribution < -0.4 is 10.5 Å². The molecule has 2 N–H and O–H groups in total. The lowest BCUT2D eigenvalue weighted by atomic mass is 10.1. The summed E-state index contributed by atoms with van der Waals surface area (Å²) in [7, 11) is 1.33. The van der Waals surface area contributed by atoms with E-state index in [0.717, 1.165) is 11.1 Å². The van der Waals surface area contributed by atoms with Crippen LogP contribution in [0.2, 0.25) is 0 Å². The number of carbonyl (C=O) groups is 2. The van der Waals surface area contributed by atoms with E-state index in [9.17, 15) is 9.59 Å². The fraction of sp³-hybridized carbons (Fsp3) is 0.385. The lowest BCUT2D eigenvalue weighted by Crippen LogP contribution is -2.13. The SMILES string of the molecule is COC(=O)CCOc1c(C)cc(C(N)=O)cc1C. The zero-order valence-corrected chi connectivity index (χ0v) is 10.8. The highest BCUT2D eigenvalue weighted by molar-refractivity contribution is 5.93. The molecule has 0 aliphatic carbocycles. The van der Waals surface area contributed by atoms with Crippen molar-refractivity contribution < 1.29 is 19.1 Å². The van der Waals surface area contributed by atoms with E-state index in [0.29, 0.717) is 11.3 Å². The van der Waals surface area contributed by atoms with Crippen molar-refractivity contribution in [3.63, 3.8) is 0 Å². The Morgan fingerprint density at radius 2 is 1.78 bits per heavy atom. The van der Waals surface area contributed by atoms with Crippen molar-refractivity contribution in [1.82, 2.24) is 0 Å². The molecule has 5 nitrogen and oxygen atoms in total. The van der Waals surface area contributed by atoms with Gasteiger partial charge in [0, 0.05) is 5.56 Å². The quantitative estimate of drug-likeness (QED) is 0.801. The van der Waals surface area contributed by atoms with Gasteiger partial charge in [-0.3, -0.25) is 9.59 Å². The molecule has 1 rings (SSSR count). The van der Waals surface area contributed by atoms with Gasteiger partial charge in [-0.15, -0.1) is 0 Å². The maximum Gasteiger partial charge on any atom is 0.308 e. The van der Waals surface area contributed by atoms with Gasteiger partial charge in [0.1, 0.15) is 5.75 Å². The van der Waals surface area contributed by atoms with Gasteiger partial charge in [-0.2, -0.15) is 0 Å². The molecule has 0 bridgehead atoms. The number of benzene rings is 1. The monoisotopic (exact) mass is 251 g/mol. The average Bonchev–Trinajstić information content (AvgIpc) is 2.31. The molecular weight excluding hydrogens is 234 g/mol. The highest BCUT2D eigenvalue weighted by Crippen LogP contribution is 2.24. The van der Waals surface area contributed by atoms with Crippen LogP contribution in [0.3, 0.4) is 0 Å². The first-order chi connectivity index (χ1) is 8.45. The average molecular weight is 251 g/mol. The van der Waals surface area contributed by atoms with Crippen molar-refractivity contribution in [2.45, 2.75) is 20.3 Å². The Morgan fingerprint density at radius 3 is 2.22 bits per heavy atom. The summed E-state index contributed by atoms with van der Waals surface area (Å²) in [6, 6.07) is 3.34. The highest BCUT2D eigenvalue weighted by Gasteiger charge is 2.10. The highest BCUT2D eigenvalue weighted by atomic mass is 16.5. The van der Waals surface area contributed by atoms with Gasteiger partial charge in [0.05, 0.1) is 20.1 Å². The molecule has 0 aliphatic heterocycles. The third-order valence-electron chi connectivity index (χ3n) is 2.53. The Bertz CT molecular complexity index is 445. The topological polar surface area (TPSA) is 78.6 Å². The Kier molecular flexibility index (Phi) is 4.71. The predicted octanol–water partition coefficient (Wildman–Crippen LogP) is 1.34. The first-order valence-electron chi connectivity index (χ1n) is 5.56. The van der Waals surface area contributed by atoms with E-state index in [1.807, 2.05) is 13.8 Å². The molecule has 0 aromatic heterocycles. The van der Waals surface area contributed by atoms with Gasteiger partial charge < -0.3 is 15.2 Å². The molecule has 1 aromatic carbocycles. The van der Waals surface area contributed by atoms with Crippen LogP contribution in [0.1, 0.15) is 27.9 Å². The van der Waals surface area contributed by atoms with E-state index in [4.69, 9.17) is 10.5 Å². The lowest BCUT2D eigenvalue weighted by Gasteiger charge is -2.12. The molecule has 0 unspecified atom stereocenters. The minimum Gasteiger partial charge on any atom is -0.492 e. The number of hydrogen-bond donors (Lipinski definition) is 1. The number of hydrogen-bond acceptors (Lipinski definition) is 4. The van der Waals surface area contributed by atoms with Crippen molar-refractivity contribution >= 4 is 11.9 Å². The number of esters is 1. The smallest absolute Gasteiger partial charge is 0.308 e. The summed E-state index contributed by atoms with van der Waals surface area (Å²) in [5.41, 5.74) is 7.30. The standard InChI is InChI=1S/C13H17NO4/c1-8-6-10(13(14)16)7-9(2)12(8)18-5-4-11(15)17-3/h6-7H,4-5H2,1-3H3,(H2,14,16). The molecule has 0 spiro atoms. The molecule has 0 fully saturated rings. The second-order valence-electron chi connectivity index (χ2n) is 3.98. The molecule has 5 heteroatoms. The van der Waals surface area contributed by atoms with Crippen LogP contribution in [-0.4, -0.2) is 25.6 Å². The third-order valence-corrected chi connectivity index (χ3v) is 2.53. The first kappa shape index (κ1) is 14.0. The van der Waals surface area contributed by atoms with E-state index in [-0.39, 0.29) is 19.0 Å². The summed E-state index contributed by atoms with van der Waals surface area (Å²) in [6.07, 6.45) is 0.187. The van der Waals surface area contributed by atoms with Crippen molar-refractivity contribution in [3.8, 4) is 5.75 Å². The number of ether oxygens (including phenoxy) is 2. The number of methoxy groups -OCH3 is 1.